The molecule has 0 amide bonds. The lowest BCUT2D eigenvalue weighted by Gasteiger charge is -2.11. The molecule has 3 aromatic rings. The fraction of sp³-hybridized carbons (Fsp3) is 0.240. The minimum absolute atomic E-state index is 0.250. The second kappa shape index (κ2) is 13.2. The third kappa shape index (κ3) is 8.81. The standard InChI is InChI=1S/C21H18F3NO.C2H6O.C2H4O/c1-14-11-15(5-10-20(14)26)13-25-19-4-2-3-17(12-19)16-6-8-18(9-7-16)21(22,23)24;2*1-2-3/h2-12,25-26H,13H2,1H3;3H,2H2,1H3;2H,1H3. The van der Waals surface area contributed by atoms with Gasteiger partial charge in [0.15, 0.2) is 0 Å². The van der Waals surface area contributed by atoms with Crippen molar-refractivity contribution in [3.05, 3.63) is 83.4 Å². The van der Waals surface area contributed by atoms with Gasteiger partial charge in [-0.3, -0.25) is 0 Å². The first-order valence-corrected chi connectivity index (χ1v) is 9.96. The molecule has 172 valence electrons. The van der Waals surface area contributed by atoms with E-state index in [2.05, 4.69) is 5.32 Å². The molecule has 0 aliphatic carbocycles. The fourth-order valence-corrected chi connectivity index (χ4v) is 2.69. The number of aliphatic hydroxyl groups excluding tert-OH is 1. The van der Waals surface area contributed by atoms with Gasteiger partial charge in [0.2, 0.25) is 0 Å². The first kappa shape index (κ1) is 26.7. The lowest BCUT2D eigenvalue weighted by molar-refractivity contribution is -0.137. The molecule has 3 aromatic carbocycles. The molecule has 4 nitrogen and oxygen atoms in total. The molecule has 0 aliphatic heterocycles. The second-order valence-corrected chi connectivity index (χ2v) is 6.68. The minimum atomic E-state index is -4.33. The number of aldehydes is 1. The van der Waals surface area contributed by atoms with Crippen LogP contribution in [0.15, 0.2) is 66.7 Å². The maximum Gasteiger partial charge on any atom is 0.416 e. The summed E-state index contributed by atoms with van der Waals surface area (Å²) in [7, 11) is 0. The fourth-order valence-electron chi connectivity index (χ4n) is 2.69. The Morgan fingerprint density at radius 2 is 1.56 bits per heavy atom. The van der Waals surface area contributed by atoms with Crippen molar-refractivity contribution in [2.45, 2.75) is 33.5 Å². The number of halogens is 3. The van der Waals surface area contributed by atoms with Crippen LogP contribution in [-0.4, -0.2) is 23.1 Å². The Bertz CT molecular complexity index is 971. The monoisotopic (exact) mass is 447 g/mol. The quantitative estimate of drug-likeness (QED) is 0.417. The number of alkyl halides is 3. The predicted octanol–water partition coefficient (Wildman–Crippen LogP) is 6.20. The minimum Gasteiger partial charge on any atom is -0.508 e. The van der Waals surface area contributed by atoms with E-state index in [4.69, 9.17) is 9.90 Å². The first-order valence-electron chi connectivity index (χ1n) is 9.96. The number of nitrogens with one attached hydrogen (secondary N) is 1. The topological polar surface area (TPSA) is 69.6 Å². The molecule has 0 unspecified atom stereocenters. The number of aliphatic hydroxyl groups is 1. The molecule has 3 N–H and O–H groups in total. The van der Waals surface area contributed by atoms with Gasteiger partial charge in [0.05, 0.1) is 5.56 Å². The number of rotatable bonds is 4. The van der Waals surface area contributed by atoms with Crippen molar-refractivity contribution in [3.63, 3.8) is 0 Å². The highest BCUT2D eigenvalue weighted by molar-refractivity contribution is 5.68. The molecular weight excluding hydrogens is 419 g/mol. The van der Waals surface area contributed by atoms with Gasteiger partial charge >= 0.3 is 6.18 Å². The van der Waals surface area contributed by atoms with Gasteiger partial charge in [-0.1, -0.05) is 36.4 Å². The lowest BCUT2D eigenvalue weighted by Crippen LogP contribution is -2.04. The molecule has 0 heterocycles. The molecule has 0 aliphatic rings. The number of carbonyl (C=O) groups excluding carboxylic acids is 1. The molecule has 0 aromatic heterocycles. The van der Waals surface area contributed by atoms with Crippen molar-refractivity contribution in [2.75, 3.05) is 11.9 Å². The van der Waals surface area contributed by atoms with E-state index in [1.165, 1.54) is 19.1 Å². The van der Waals surface area contributed by atoms with Crippen LogP contribution in [0, 0.1) is 6.92 Å². The number of aryl methyl sites for hydroxylation is 1. The molecule has 0 saturated heterocycles. The van der Waals surface area contributed by atoms with Gasteiger partial charge in [0.25, 0.3) is 0 Å². The smallest absolute Gasteiger partial charge is 0.416 e. The number of anilines is 1. The van der Waals surface area contributed by atoms with Crippen molar-refractivity contribution in [1.82, 2.24) is 0 Å². The third-order valence-electron chi connectivity index (χ3n) is 4.17. The number of carbonyl (C=O) groups is 1. The Labute approximate surface area is 186 Å². The van der Waals surface area contributed by atoms with E-state index >= 15 is 0 Å². The molecule has 0 fully saturated rings. The maximum absolute atomic E-state index is 12.7. The number of phenols is 1. The summed E-state index contributed by atoms with van der Waals surface area (Å²) < 4.78 is 38.0. The zero-order valence-electron chi connectivity index (χ0n) is 18.3. The van der Waals surface area contributed by atoms with Crippen molar-refractivity contribution >= 4 is 12.0 Å². The van der Waals surface area contributed by atoms with Crippen molar-refractivity contribution in [2.24, 2.45) is 0 Å². The van der Waals surface area contributed by atoms with Crippen LogP contribution in [0.5, 0.6) is 5.75 Å². The van der Waals surface area contributed by atoms with Gasteiger partial charge in [0.1, 0.15) is 12.0 Å². The van der Waals surface area contributed by atoms with Gasteiger partial charge in [-0.05, 0) is 73.4 Å². The number of hydrogen-bond donors (Lipinski definition) is 3. The lowest BCUT2D eigenvalue weighted by atomic mass is 10.0. The third-order valence-corrected chi connectivity index (χ3v) is 4.17. The summed E-state index contributed by atoms with van der Waals surface area (Å²) in [6.07, 6.45) is -3.58. The second-order valence-electron chi connectivity index (χ2n) is 6.68. The average molecular weight is 447 g/mol. The number of aromatic hydroxyl groups is 1. The van der Waals surface area contributed by atoms with Crippen molar-refractivity contribution in [1.29, 1.82) is 0 Å². The van der Waals surface area contributed by atoms with E-state index in [-0.39, 0.29) is 12.4 Å². The number of benzene rings is 3. The SMILES string of the molecule is CC=O.CCO.Cc1cc(CNc2cccc(-c3ccc(C(F)(F)F)cc3)c2)ccc1O. The molecule has 7 heteroatoms. The van der Waals surface area contributed by atoms with Gasteiger partial charge < -0.3 is 20.3 Å². The van der Waals surface area contributed by atoms with Gasteiger partial charge in [-0.15, -0.1) is 0 Å². The Morgan fingerprint density at radius 3 is 2.09 bits per heavy atom. The molecule has 0 atom stereocenters. The summed E-state index contributed by atoms with van der Waals surface area (Å²) in [6.45, 7) is 5.79. The predicted molar refractivity (Wildman–Crippen MR) is 122 cm³/mol. The average Bonchev–Trinajstić information content (AvgIpc) is 2.75. The Balaban J connectivity index is 0.000000769. The number of phenolic OH excluding ortho intramolecular Hbond substituents is 1. The summed E-state index contributed by atoms with van der Waals surface area (Å²) in [5.74, 6) is 0.262. The van der Waals surface area contributed by atoms with Gasteiger partial charge in [0, 0.05) is 18.8 Å². The highest BCUT2D eigenvalue weighted by atomic mass is 19.4. The van der Waals surface area contributed by atoms with E-state index < -0.39 is 11.7 Å². The molecular formula is C25H28F3NO3. The van der Waals surface area contributed by atoms with Crippen LogP contribution in [-0.2, 0) is 17.5 Å². The van der Waals surface area contributed by atoms with Crippen molar-refractivity contribution < 1.29 is 28.2 Å². The summed E-state index contributed by atoms with van der Waals surface area (Å²) in [5, 5.41) is 20.4. The van der Waals surface area contributed by atoms with E-state index in [0.717, 1.165) is 46.4 Å². The summed E-state index contributed by atoms with van der Waals surface area (Å²) in [5.41, 5.74) is 3.61. The summed E-state index contributed by atoms with van der Waals surface area (Å²) >= 11 is 0. The van der Waals surface area contributed by atoms with E-state index in [1.807, 2.05) is 43.3 Å². The molecule has 0 spiro atoms. The van der Waals surface area contributed by atoms with Crippen LogP contribution in [0.25, 0.3) is 11.1 Å². The van der Waals surface area contributed by atoms with Crippen LogP contribution in [0.3, 0.4) is 0 Å². The van der Waals surface area contributed by atoms with Crippen LogP contribution < -0.4 is 5.32 Å². The Morgan fingerprint density at radius 1 is 0.969 bits per heavy atom. The Hall–Kier alpha value is -3.32. The zero-order chi connectivity index (χ0) is 24.1. The van der Waals surface area contributed by atoms with Crippen molar-refractivity contribution in [3.8, 4) is 16.9 Å². The van der Waals surface area contributed by atoms with Gasteiger partial charge in [-0.2, -0.15) is 13.2 Å². The highest BCUT2D eigenvalue weighted by Gasteiger charge is 2.29. The maximum atomic E-state index is 12.7. The molecule has 3 rings (SSSR count). The first-order chi connectivity index (χ1) is 15.2. The van der Waals surface area contributed by atoms with Gasteiger partial charge in [-0.25, -0.2) is 0 Å². The Kier molecular flexibility index (Phi) is 11.0. The normalized spacial score (nSPS) is 10.2. The zero-order valence-corrected chi connectivity index (χ0v) is 18.3. The number of hydrogen-bond acceptors (Lipinski definition) is 4. The van der Waals surface area contributed by atoms with Crippen LogP contribution in [0.2, 0.25) is 0 Å². The molecule has 0 bridgehead atoms. The molecule has 32 heavy (non-hydrogen) atoms. The van der Waals surface area contributed by atoms with E-state index in [9.17, 15) is 18.3 Å². The highest BCUT2D eigenvalue weighted by Crippen LogP contribution is 2.31. The van der Waals surface area contributed by atoms with E-state index in [0.29, 0.717) is 6.54 Å². The van der Waals surface area contributed by atoms with Crippen LogP contribution in [0.4, 0.5) is 18.9 Å². The largest absolute Gasteiger partial charge is 0.508 e. The molecule has 0 radical (unpaired) electrons. The summed E-state index contributed by atoms with van der Waals surface area (Å²) in [4.78, 5) is 8.81. The molecule has 0 saturated carbocycles. The summed E-state index contributed by atoms with van der Waals surface area (Å²) in [6, 6.07) is 18.1. The van der Waals surface area contributed by atoms with E-state index in [1.54, 1.807) is 13.0 Å². The van der Waals surface area contributed by atoms with Crippen LogP contribution >= 0.6 is 0 Å². The van der Waals surface area contributed by atoms with Crippen LogP contribution in [0.1, 0.15) is 30.5 Å².